The monoisotopic (exact) mass is 330 g/mol. The highest BCUT2D eigenvalue weighted by atomic mass is 16.6. The number of aryl methyl sites for hydroxylation is 4. The third-order valence-corrected chi connectivity index (χ3v) is 3.55. The Balaban J connectivity index is 1.87. The largest absolute Gasteiger partial charge is 0.493 e. The van der Waals surface area contributed by atoms with E-state index in [9.17, 15) is 0 Å². The minimum atomic E-state index is 0.639. The number of benzene rings is 1. The van der Waals surface area contributed by atoms with Gasteiger partial charge in [-0.2, -0.15) is 0 Å². The third kappa shape index (κ3) is 5.41. The van der Waals surface area contributed by atoms with E-state index in [1.807, 2.05) is 26.8 Å². The highest BCUT2D eigenvalue weighted by molar-refractivity contribution is 5.80. The number of rotatable bonds is 9. The van der Waals surface area contributed by atoms with E-state index in [1.54, 1.807) is 6.21 Å². The molecule has 0 radical (unpaired) electrons. The molecule has 1 heterocycles. The topological polar surface area (TPSA) is 56.9 Å². The Morgan fingerprint density at radius 1 is 1.12 bits per heavy atom. The van der Waals surface area contributed by atoms with Crippen molar-refractivity contribution in [3.8, 4) is 5.75 Å². The Morgan fingerprint density at radius 2 is 1.88 bits per heavy atom. The van der Waals surface area contributed by atoms with E-state index in [0.717, 1.165) is 53.2 Å². The molecule has 0 aliphatic heterocycles. The molecule has 0 atom stereocenters. The van der Waals surface area contributed by atoms with Crippen LogP contribution in [0.15, 0.2) is 27.9 Å². The molecule has 1 aromatic heterocycles. The molecule has 0 saturated heterocycles. The van der Waals surface area contributed by atoms with Crippen molar-refractivity contribution < 1.29 is 14.1 Å². The van der Waals surface area contributed by atoms with Crippen molar-refractivity contribution in [1.29, 1.82) is 0 Å². The molecule has 2 aromatic rings. The van der Waals surface area contributed by atoms with Crippen molar-refractivity contribution in [2.24, 2.45) is 5.16 Å². The number of nitrogens with zero attached hydrogens (tertiary/aromatic N) is 2. The predicted molar refractivity (Wildman–Crippen MR) is 94.8 cm³/mol. The number of hydrogen-bond donors (Lipinski definition) is 0. The van der Waals surface area contributed by atoms with E-state index in [0.29, 0.717) is 13.2 Å². The molecule has 0 amide bonds. The van der Waals surface area contributed by atoms with Crippen LogP contribution < -0.4 is 4.74 Å². The first kappa shape index (κ1) is 18.0. The zero-order valence-corrected chi connectivity index (χ0v) is 15.0. The lowest BCUT2D eigenvalue weighted by atomic mass is 10.1. The van der Waals surface area contributed by atoms with Crippen LogP contribution >= 0.6 is 0 Å². The van der Waals surface area contributed by atoms with Gasteiger partial charge in [0.15, 0.2) is 0 Å². The summed E-state index contributed by atoms with van der Waals surface area (Å²) < 4.78 is 11.2. The molecule has 0 saturated carbocycles. The fourth-order valence-corrected chi connectivity index (χ4v) is 2.48. The first-order valence-corrected chi connectivity index (χ1v) is 8.41. The summed E-state index contributed by atoms with van der Waals surface area (Å²) in [7, 11) is 0. The van der Waals surface area contributed by atoms with Crippen molar-refractivity contribution in [2.75, 3.05) is 13.2 Å². The smallest absolute Gasteiger partial charge is 0.137 e. The molecule has 5 nitrogen and oxygen atoms in total. The summed E-state index contributed by atoms with van der Waals surface area (Å²) in [4.78, 5) is 5.14. The van der Waals surface area contributed by atoms with Crippen LogP contribution in [0.3, 0.4) is 0 Å². The summed E-state index contributed by atoms with van der Waals surface area (Å²) in [6, 6.07) is 6.08. The van der Waals surface area contributed by atoms with Gasteiger partial charge in [-0.05, 0) is 62.4 Å². The molecule has 24 heavy (non-hydrogen) atoms. The van der Waals surface area contributed by atoms with Gasteiger partial charge in [0.2, 0.25) is 0 Å². The van der Waals surface area contributed by atoms with Crippen molar-refractivity contribution in [2.45, 2.75) is 47.0 Å². The molecule has 0 spiro atoms. The quantitative estimate of drug-likeness (QED) is 0.389. The second kappa shape index (κ2) is 9.11. The molecule has 130 valence electrons. The normalized spacial score (nSPS) is 11.2. The average molecular weight is 330 g/mol. The maximum absolute atomic E-state index is 5.96. The highest BCUT2D eigenvalue weighted by Gasteiger charge is 2.07. The SMILES string of the molecule is CCCON=Cc1cc(C)c(OCCCc2cc(C)no2)c(C)c1. The zero-order chi connectivity index (χ0) is 17.4. The summed E-state index contributed by atoms with van der Waals surface area (Å²) in [6.07, 6.45) is 4.42. The van der Waals surface area contributed by atoms with E-state index < -0.39 is 0 Å². The van der Waals surface area contributed by atoms with Crippen LogP contribution in [-0.4, -0.2) is 24.6 Å². The van der Waals surface area contributed by atoms with Crippen LogP contribution in [0, 0.1) is 20.8 Å². The second-order valence-electron chi connectivity index (χ2n) is 5.94. The summed E-state index contributed by atoms with van der Waals surface area (Å²) in [5.41, 5.74) is 4.13. The number of ether oxygens (including phenoxy) is 1. The number of aromatic nitrogens is 1. The van der Waals surface area contributed by atoms with Gasteiger partial charge in [-0.1, -0.05) is 17.2 Å². The minimum absolute atomic E-state index is 0.639. The van der Waals surface area contributed by atoms with Gasteiger partial charge in [0.1, 0.15) is 18.1 Å². The van der Waals surface area contributed by atoms with Crippen LogP contribution in [0.4, 0.5) is 0 Å². The van der Waals surface area contributed by atoms with Gasteiger partial charge in [0.25, 0.3) is 0 Å². The molecule has 2 rings (SSSR count). The molecular weight excluding hydrogens is 304 g/mol. The maximum Gasteiger partial charge on any atom is 0.137 e. The lowest BCUT2D eigenvalue weighted by Gasteiger charge is -2.12. The van der Waals surface area contributed by atoms with Gasteiger partial charge in [-0.25, -0.2) is 0 Å². The van der Waals surface area contributed by atoms with Crippen molar-refractivity contribution in [1.82, 2.24) is 5.16 Å². The molecule has 0 fully saturated rings. The molecule has 1 aromatic carbocycles. The van der Waals surface area contributed by atoms with Crippen LogP contribution in [-0.2, 0) is 11.3 Å². The summed E-state index contributed by atoms with van der Waals surface area (Å²) in [5.74, 6) is 1.85. The number of oxime groups is 1. The number of hydrogen-bond acceptors (Lipinski definition) is 5. The van der Waals surface area contributed by atoms with E-state index in [2.05, 4.69) is 29.4 Å². The lowest BCUT2D eigenvalue weighted by Crippen LogP contribution is -2.03. The molecule has 5 heteroatoms. The lowest BCUT2D eigenvalue weighted by molar-refractivity contribution is 0.146. The molecule has 0 aliphatic rings. The van der Waals surface area contributed by atoms with Crippen LogP contribution in [0.1, 0.15) is 47.9 Å². The van der Waals surface area contributed by atoms with Crippen molar-refractivity contribution in [3.05, 3.63) is 46.3 Å². The molecule has 0 unspecified atom stereocenters. The Labute approximate surface area is 143 Å². The van der Waals surface area contributed by atoms with E-state index >= 15 is 0 Å². The molecule has 0 bridgehead atoms. The van der Waals surface area contributed by atoms with Crippen molar-refractivity contribution in [3.63, 3.8) is 0 Å². The van der Waals surface area contributed by atoms with Crippen molar-refractivity contribution >= 4 is 6.21 Å². The second-order valence-corrected chi connectivity index (χ2v) is 5.94. The summed E-state index contributed by atoms with van der Waals surface area (Å²) in [5, 5.41) is 7.86. The average Bonchev–Trinajstić information content (AvgIpc) is 2.95. The summed E-state index contributed by atoms with van der Waals surface area (Å²) in [6.45, 7) is 9.36. The van der Waals surface area contributed by atoms with E-state index in [-0.39, 0.29) is 0 Å². The van der Waals surface area contributed by atoms with Crippen LogP contribution in [0.5, 0.6) is 5.75 Å². The maximum atomic E-state index is 5.96. The standard InChI is InChI=1S/C19H26N2O3/c1-5-8-23-20-13-17-10-14(2)19(15(3)11-17)22-9-6-7-18-12-16(4)21-24-18/h10-13H,5-9H2,1-4H3. The van der Waals surface area contributed by atoms with Crippen LogP contribution in [0.2, 0.25) is 0 Å². The Bertz CT molecular complexity index is 654. The minimum Gasteiger partial charge on any atom is -0.493 e. The Kier molecular flexibility index (Phi) is 6.85. The van der Waals surface area contributed by atoms with Gasteiger partial charge in [-0.15, -0.1) is 0 Å². The Hall–Kier alpha value is -2.30. The van der Waals surface area contributed by atoms with Crippen LogP contribution in [0.25, 0.3) is 0 Å². The van der Waals surface area contributed by atoms with Gasteiger partial charge in [0, 0.05) is 12.5 Å². The van der Waals surface area contributed by atoms with Gasteiger partial charge < -0.3 is 14.1 Å². The van der Waals surface area contributed by atoms with E-state index in [1.165, 1.54) is 0 Å². The first-order chi connectivity index (χ1) is 11.6. The van der Waals surface area contributed by atoms with Gasteiger partial charge >= 0.3 is 0 Å². The zero-order valence-electron chi connectivity index (χ0n) is 15.0. The molecule has 0 aliphatic carbocycles. The van der Waals surface area contributed by atoms with Gasteiger partial charge in [-0.3, -0.25) is 0 Å². The molecular formula is C19H26N2O3. The highest BCUT2D eigenvalue weighted by Crippen LogP contribution is 2.24. The molecule has 0 N–H and O–H groups in total. The van der Waals surface area contributed by atoms with Gasteiger partial charge in [0.05, 0.1) is 18.5 Å². The first-order valence-electron chi connectivity index (χ1n) is 8.41. The summed E-state index contributed by atoms with van der Waals surface area (Å²) >= 11 is 0. The fraction of sp³-hybridized carbons (Fsp3) is 0.474. The third-order valence-electron chi connectivity index (χ3n) is 3.55. The Morgan fingerprint density at radius 3 is 2.50 bits per heavy atom. The fourth-order valence-electron chi connectivity index (χ4n) is 2.48. The predicted octanol–water partition coefficient (Wildman–Crippen LogP) is 4.37. The van der Waals surface area contributed by atoms with E-state index in [4.69, 9.17) is 14.1 Å².